The topological polar surface area (TPSA) is 24.4 Å². The Balaban J connectivity index is 3.01. The molecule has 0 bridgehead atoms. The Morgan fingerprint density at radius 3 is 1.83 bits per heavy atom. The summed E-state index contributed by atoms with van der Waals surface area (Å²) in [5, 5.41) is 5.83. The second-order valence-electron chi connectivity index (χ2n) is 4.70. The average molecular weight is 308 g/mol. The lowest BCUT2D eigenvalue weighted by Gasteiger charge is -2.15. The van der Waals surface area contributed by atoms with Crippen LogP contribution >= 0.6 is 34.8 Å². The summed E-state index contributed by atoms with van der Waals surface area (Å²) in [6.45, 7) is 8.41. The molecule has 0 aliphatic carbocycles. The van der Waals surface area contributed by atoms with Crippen LogP contribution in [-0.4, -0.2) is 5.71 Å². The predicted molar refractivity (Wildman–Crippen MR) is 82.2 cm³/mol. The molecule has 0 unspecified atom stereocenters. The van der Waals surface area contributed by atoms with Crippen molar-refractivity contribution in [1.29, 1.82) is 0 Å². The number of benzene rings is 1. The summed E-state index contributed by atoms with van der Waals surface area (Å²) in [7, 11) is 0. The van der Waals surface area contributed by atoms with Gasteiger partial charge in [-0.25, -0.2) is 0 Å². The molecule has 0 aliphatic rings. The normalized spacial score (nSPS) is 10.9. The zero-order valence-corrected chi connectivity index (χ0v) is 13.2. The maximum atomic E-state index is 6.08. The first kappa shape index (κ1) is 15.6. The van der Waals surface area contributed by atoms with Gasteiger partial charge < -0.3 is 0 Å². The van der Waals surface area contributed by atoms with E-state index in [4.69, 9.17) is 34.8 Å². The van der Waals surface area contributed by atoms with Crippen LogP contribution in [0.2, 0.25) is 15.1 Å². The monoisotopic (exact) mass is 306 g/mol. The molecule has 1 N–H and O–H groups in total. The van der Waals surface area contributed by atoms with Gasteiger partial charge in [0.1, 0.15) is 0 Å². The van der Waals surface area contributed by atoms with Gasteiger partial charge in [-0.15, -0.1) is 0 Å². The van der Waals surface area contributed by atoms with Crippen LogP contribution < -0.4 is 5.43 Å². The maximum Gasteiger partial charge on any atom is 0.0935 e. The third-order valence-corrected chi connectivity index (χ3v) is 3.30. The van der Waals surface area contributed by atoms with Crippen molar-refractivity contribution in [1.82, 2.24) is 0 Å². The maximum absolute atomic E-state index is 6.08. The van der Waals surface area contributed by atoms with Crippen molar-refractivity contribution in [2.45, 2.75) is 27.7 Å². The molecule has 0 spiro atoms. The average Bonchev–Trinajstić information content (AvgIpc) is 2.20. The minimum atomic E-state index is 0.363. The summed E-state index contributed by atoms with van der Waals surface area (Å²) >= 11 is 18.0. The van der Waals surface area contributed by atoms with Crippen molar-refractivity contribution in [3.8, 4) is 0 Å². The minimum Gasteiger partial charge on any atom is -0.276 e. The van der Waals surface area contributed by atoms with Gasteiger partial charge in [0.25, 0.3) is 0 Å². The molecule has 100 valence electrons. The molecule has 1 aromatic rings. The van der Waals surface area contributed by atoms with Gasteiger partial charge in [-0.3, -0.25) is 5.43 Å². The molecule has 0 saturated carbocycles. The van der Waals surface area contributed by atoms with Crippen molar-refractivity contribution in [2.75, 3.05) is 5.43 Å². The number of halogens is 3. The summed E-state index contributed by atoms with van der Waals surface area (Å²) in [5.74, 6) is 0.727. The Labute approximate surface area is 123 Å². The summed E-state index contributed by atoms with van der Waals surface area (Å²) in [5.41, 5.74) is 4.59. The molecule has 0 aliphatic heterocycles. The molecule has 2 nitrogen and oxygen atoms in total. The predicted octanol–water partition coefficient (Wildman–Crippen LogP) is 5.73. The first-order chi connectivity index (χ1) is 8.32. The number of nitrogens with zero attached hydrogens (tertiary/aromatic N) is 1. The van der Waals surface area contributed by atoms with Crippen LogP contribution in [0.25, 0.3) is 0 Å². The van der Waals surface area contributed by atoms with Crippen LogP contribution in [0.1, 0.15) is 27.7 Å². The van der Waals surface area contributed by atoms with Gasteiger partial charge in [0.2, 0.25) is 0 Å². The second-order valence-corrected chi connectivity index (χ2v) is 5.95. The van der Waals surface area contributed by atoms with E-state index in [9.17, 15) is 0 Å². The SMILES string of the molecule is CC(C)C(=NNc1c(Cl)cc(Cl)cc1Cl)C(C)C. The molecule has 0 amide bonds. The fraction of sp³-hybridized carbons (Fsp3) is 0.462. The molecule has 18 heavy (non-hydrogen) atoms. The Kier molecular flexibility index (Phi) is 5.77. The number of anilines is 1. The summed E-state index contributed by atoms with van der Waals surface area (Å²) in [6.07, 6.45) is 0. The summed E-state index contributed by atoms with van der Waals surface area (Å²) < 4.78 is 0. The molecule has 0 heterocycles. The quantitative estimate of drug-likeness (QED) is 0.558. The Morgan fingerprint density at radius 1 is 1.00 bits per heavy atom. The lowest BCUT2D eigenvalue weighted by Crippen LogP contribution is -2.16. The van der Waals surface area contributed by atoms with E-state index in [0.717, 1.165) is 5.71 Å². The summed E-state index contributed by atoms with van der Waals surface area (Å²) in [6, 6.07) is 3.27. The highest BCUT2D eigenvalue weighted by Crippen LogP contribution is 2.33. The largest absolute Gasteiger partial charge is 0.276 e. The van der Waals surface area contributed by atoms with Crippen LogP contribution in [0.4, 0.5) is 5.69 Å². The van der Waals surface area contributed by atoms with E-state index in [2.05, 4.69) is 38.2 Å². The van der Waals surface area contributed by atoms with E-state index in [1.54, 1.807) is 12.1 Å². The van der Waals surface area contributed by atoms with E-state index in [1.165, 1.54) is 0 Å². The molecular weight excluding hydrogens is 291 g/mol. The molecular formula is C13H17Cl3N2. The Bertz CT molecular complexity index is 421. The van der Waals surface area contributed by atoms with E-state index in [-0.39, 0.29) is 0 Å². The standard InChI is InChI=1S/C13H17Cl3N2/c1-7(2)12(8(3)4)17-18-13-10(15)5-9(14)6-11(13)16/h5-8,18H,1-4H3. The Morgan fingerprint density at radius 2 is 1.44 bits per heavy atom. The molecule has 0 saturated heterocycles. The van der Waals surface area contributed by atoms with E-state index >= 15 is 0 Å². The van der Waals surface area contributed by atoms with Crippen molar-refractivity contribution < 1.29 is 0 Å². The number of hydrogen-bond donors (Lipinski definition) is 1. The van der Waals surface area contributed by atoms with Crippen molar-refractivity contribution in [3.05, 3.63) is 27.2 Å². The van der Waals surface area contributed by atoms with Gasteiger partial charge in [0, 0.05) is 10.7 Å². The number of hydrazone groups is 1. The third kappa shape index (κ3) is 4.04. The number of hydrogen-bond acceptors (Lipinski definition) is 2. The van der Waals surface area contributed by atoms with Gasteiger partial charge in [-0.2, -0.15) is 5.10 Å². The number of nitrogens with one attached hydrogen (secondary N) is 1. The van der Waals surface area contributed by atoms with Gasteiger partial charge in [-0.1, -0.05) is 62.5 Å². The lowest BCUT2D eigenvalue weighted by atomic mass is 9.98. The molecule has 0 aromatic heterocycles. The third-order valence-electron chi connectivity index (χ3n) is 2.49. The zero-order chi connectivity index (χ0) is 13.9. The van der Waals surface area contributed by atoms with Crippen LogP contribution in [0.15, 0.2) is 17.2 Å². The highest BCUT2D eigenvalue weighted by atomic mass is 35.5. The van der Waals surface area contributed by atoms with Crippen molar-refractivity contribution in [3.63, 3.8) is 0 Å². The van der Waals surface area contributed by atoms with E-state index in [0.29, 0.717) is 32.6 Å². The fourth-order valence-corrected chi connectivity index (χ4v) is 2.60. The highest BCUT2D eigenvalue weighted by molar-refractivity contribution is 6.41. The lowest BCUT2D eigenvalue weighted by molar-refractivity contribution is 0.761. The minimum absolute atomic E-state index is 0.363. The van der Waals surface area contributed by atoms with Gasteiger partial charge in [-0.05, 0) is 24.0 Å². The Hall–Kier alpha value is -0.440. The first-order valence-electron chi connectivity index (χ1n) is 5.81. The molecule has 5 heteroatoms. The van der Waals surface area contributed by atoms with Crippen molar-refractivity contribution >= 4 is 46.2 Å². The van der Waals surface area contributed by atoms with Crippen LogP contribution in [0.5, 0.6) is 0 Å². The first-order valence-corrected chi connectivity index (χ1v) is 6.94. The van der Waals surface area contributed by atoms with Crippen LogP contribution in [0, 0.1) is 11.8 Å². The van der Waals surface area contributed by atoms with Gasteiger partial charge >= 0.3 is 0 Å². The van der Waals surface area contributed by atoms with Crippen LogP contribution in [0.3, 0.4) is 0 Å². The van der Waals surface area contributed by atoms with Gasteiger partial charge in [0.05, 0.1) is 15.7 Å². The van der Waals surface area contributed by atoms with Gasteiger partial charge in [0.15, 0.2) is 0 Å². The molecule has 0 fully saturated rings. The van der Waals surface area contributed by atoms with Crippen molar-refractivity contribution in [2.24, 2.45) is 16.9 Å². The van der Waals surface area contributed by atoms with E-state index in [1.807, 2.05) is 0 Å². The molecule has 1 rings (SSSR count). The van der Waals surface area contributed by atoms with E-state index < -0.39 is 0 Å². The molecule has 0 radical (unpaired) electrons. The molecule has 1 aromatic carbocycles. The fourth-order valence-electron chi connectivity index (χ4n) is 1.69. The highest BCUT2D eigenvalue weighted by Gasteiger charge is 2.12. The summed E-state index contributed by atoms with van der Waals surface area (Å²) in [4.78, 5) is 0. The zero-order valence-electron chi connectivity index (χ0n) is 10.9. The molecule has 0 atom stereocenters. The van der Waals surface area contributed by atoms with Crippen LogP contribution in [-0.2, 0) is 0 Å². The number of rotatable bonds is 4. The second kappa shape index (κ2) is 6.65. The smallest absolute Gasteiger partial charge is 0.0935 e.